The second-order valence-corrected chi connectivity index (χ2v) is 30.6. The molecule has 0 spiro atoms. The van der Waals surface area contributed by atoms with Crippen LogP contribution in [0.5, 0.6) is 0 Å². The molecular weight excluding hydrogens is 1530 g/mol. The molecule has 8 aromatic carbocycles. The molecule has 0 bridgehead atoms. The molecule has 25 heteroatoms. The second-order valence-electron chi connectivity index (χ2n) is 30.6. The lowest BCUT2D eigenvalue weighted by Crippen LogP contribution is -2.45. The van der Waals surface area contributed by atoms with Crippen molar-refractivity contribution in [2.45, 2.75) is 124 Å². The zero-order chi connectivity index (χ0) is 84.0. The lowest BCUT2D eigenvalue weighted by Gasteiger charge is -2.36. The van der Waals surface area contributed by atoms with Crippen LogP contribution in [0.3, 0.4) is 0 Å². The molecule has 7 N–H and O–H groups in total. The number of piperazine rings is 2. The summed E-state index contributed by atoms with van der Waals surface area (Å²) in [5.74, 6) is -2.07. The van der Waals surface area contributed by atoms with Crippen LogP contribution in [0, 0.1) is 11.6 Å². The lowest BCUT2D eigenvalue weighted by molar-refractivity contribution is 0.0903. The standard InChI is InChI=1S/C48H53FN8O3.C38H39FN6O4.C10H14N2/c1-3-44-41(45(53-38-18-24-60-25-19-38)42-31-52-57(4-2)46(42)54-44)30-51-48(59)37-13-9-12-36(28-37)47(58)50-29-33-16-17-43(49)40(27-33)35-11-8-10-34(26-35)32-55-20-22-56(23-21-55)39-14-6-5-7-15-39;1-3-34-31(35(43-29-13-15-49-16-14-29)32-22-42-45(4-2)36(32)44-34)21-41-38(48)28-10-6-9-27(19-28)37(47)40-20-24-11-12-33(39)30(18-24)26-8-5-7-25(17-26)23-46;1-2-4-10(5-3-1)12-8-6-11-7-9-12/h5-17,26-28,31,38H,3-4,18-25,29-30,32H2,1-2H3,(H,50,58)(H,51,59)(H,53,54);5-12,17-19,22-23,29H,3-4,13-16,20-21H2,1-2H3,(H,40,47)(H,41,48)(H,43,44);1-5,11H,6-9H2. The SMILES string of the molecule is CCc1nc2c(cnn2CC)c(NC2CCOCC2)c1CNC(=O)c1cccc(C(=O)NCc2ccc(F)c(-c3cccc(C=O)c3)c2)c1.CCc1nc2c(cnn2CC)c(NC2CCOCC2)c1CNC(=O)c1cccc(C(=O)NCc2ccc(F)c(-c3cccc(CN4CCN(c5ccccc5)CC4)c3)c2)c1.c1ccc(N2CCNCC2)cc1. The molecule has 4 aliphatic rings. The van der Waals surface area contributed by atoms with Crippen molar-refractivity contribution in [3.63, 3.8) is 0 Å². The van der Waals surface area contributed by atoms with E-state index in [1.807, 2.05) is 60.7 Å². The number of halogens is 2. The summed E-state index contributed by atoms with van der Waals surface area (Å²) in [5.41, 5.74) is 16.3. The smallest absolute Gasteiger partial charge is 0.251 e. The van der Waals surface area contributed by atoms with Crippen LogP contribution in [0.1, 0.15) is 144 Å². The van der Waals surface area contributed by atoms with E-state index in [9.17, 15) is 28.4 Å². The molecule has 121 heavy (non-hydrogen) atoms. The van der Waals surface area contributed by atoms with Gasteiger partial charge in [0, 0.05) is 210 Å². The van der Waals surface area contributed by atoms with Gasteiger partial charge in [-0.25, -0.2) is 28.1 Å². The summed E-state index contributed by atoms with van der Waals surface area (Å²) >= 11 is 0. The van der Waals surface area contributed by atoms with Crippen molar-refractivity contribution in [2.75, 3.05) is 99.2 Å². The second kappa shape index (κ2) is 41.4. The van der Waals surface area contributed by atoms with Crippen molar-refractivity contribution >= 4 is 74.7 Å². The number of ether oxygens (including phenoxy) is 2. The summed E-state index contributed by atoms with van der Waals surface area (Å²) in [6.07, 6.45) is 9.29. The quantitative estimate of drug-likeness (QED) is 0.0236. The molecule has 23 nitrogen and oxygen atoms in total. The van der Waals surface area contributed by atoms with E-state index >= 15 is 4.39 Å². The van der Waals surface area contributed by atoms with Gasteiger partial charge in [0.1, 0.15) is 17.9 Å². The van der Waals surface area contributed by atoms with Gasteiger partial charge in [-0.05, 0) is 177 Å². The summed E-state index contributed by atoms with van der Waals surface area (Å²) in [7, 11) is 0. The van der Waals surface area contributed by atoms with Gasteiger partial charge in [0.25, 0.3) is 23.6 Å². The maximum Gasteiger partial charge on any atom is 0.251 e. The van der Waals surface area contributed by atoms with E-state index in [1.165, 1.54) is 23.5 Å². The lowest BCUT2D eigenvalue weighted by atomic mass is 10.00. The fourth-order valence-electron chi connectivity index (χ4n) is 16.0. The number of aromatic nitrogens is 6. The maximum absolute atomic E-state index is 15.3. The van der Waals surface area contributed by atoms with E-state index < -0.39 is 5.82 Å². The van der Waals surface area contributed by atoms with Crippen LogP contribution in [-0.2, 0) is 68.1 Å². The van der Waals surface area contributed by atoms with Crippen LogP contribution in [0.15, 0.2) is 207 Å². The van der Waals surface area contributed by atoms with E-state index in [0.29, 0.717) is 109 Å². The van der Waals surface area contributed by atoms with E-state index in [1.54, 1.807) is 97.1 Å². The number of fused-ring (bicyclic) bond motifs is 2. The number of pyridine rings is 2. The number of anilines is 4. The minimum atomic E-state index is -0.430. The van der Waals surface area contributed by atoms with Crippen LogP contribution in [-0.4, -0.2) is 155 Å². The average molecular weight is 1630 g/mol. The topological polar surface area (TPSA) is 259 Å². The van der Waals surface area contributed by atoms with Gasteiger partial charge in [-0.1, -0.05) is 111 Å². The van der Waals surface area contributed by atoms with Crippen LogP contribution in [0.4, 0.5) is 31.5 Å². The van der Waals surface area contributed by atoms with Crippen LogP contribution < -0.4 is 47.0 Å². The molecule has 0 radical (unpaired) electrons. The molecule has 0 saturated carbocycles. The molecule has 4 amide bonds. The normalized spacial score (nSPS) is 14.6. The highest BCUT2D eigenvalue weighted by Crippen LogP contribution is 2.35. The Labute approximate surface area is 705 Å². The number of carbonyl (C=O) groups excluding carboxylic acids is 5. The summed E-state index contributed by atoms with van der Waals surface area (Å²) in [5, 5.41) is 33.8. The van der Waals surface area contributed by atoms with Crippen LogP contribution in [0.2, 0.25) is 0 Å². The Balaban J connectivity index is 0.000000176. The van der Waals surface area contributed by atoms with Gasteiger partial charge in [0.2, 0.25) is 0 Å². The third kappa shape index (κ3) is 21.6. The highest BCUT2D eigenvalue weighted by Gasteiger charge is 2.27. The Morgan fingerprint density at radius 2 is 0.876 bits per heavy atom. The van der Waals surface area contributed by atoms with Gasteiger partial charge in [-0.15, -0.1) is 0 Å². The number of benzene rings is 8. The Morgan fingerprint density at radius 3 is 1.31 bits per heavy atom. The van der Waals surface area contributed by atoms with Gasteiger partial charge >= 0.3 is 0 Å². The Hall–Kier alpha value is -12.6. The van der Waals surface area contributed by atoms with Crippen molar-refractivity contribution in [1.29, 1.82) is 0 Å². The Bertz CT molecular complexity index is 5560. The van der Waals surface area contributed by atoms with Crippen molar-refractivity contribution in [3.05, 3.63) is 285 Å². The van der Waals surface area contributed by atoms with E-state index in [-0.39, 0.29) is 67.7 Å². The number of hydrogen-bond donors (Lipinski definition) is 7. The molecule has 16 rings (SSSR count). The molecule has 4 aliphatic heterocycles. The molecule has 12 aromatic rings. The molecule has 0 aliphatic carbocycles. The summed E-state index contributed by atoms with van der Waals surface area (Å²) in [6.45, 7) is 22.3. The maximum atomic E-state index is 15.3. The number of aldehydes is 1. The van der Waals surface area contributed by atoms with E-state index in [2.05, 4.69) is 136 Å². The van der Waals surface area contributed by atoms with Crippen molar-refractivity contribution in [1.82, 2.24) is 61.0 Å². The highest BCUT2D eigenvalue weighted by molar-refractivity contribution is 6.01. The number of aryl methyl sites for hydroxylation is 4. The molecule has 4 saturated heterocycles. The zero-order valence-electron chi connectivity index (χ0n) is 69.2. The number of nitrogens with one attached hydrogen (secondary N) is 7. The third-order valence-electron chi connectivity index (χ3n) is 22.7. The summed E-state index contributed by atoms with van der Waals surface area (Å²) < 4.78 is 44.9. The molecule has 4 aromatic heterocycles. The predicted molar refractivity (Wildman–Crippen MR) is 472 cm³/mol. The van der Waals surface area contributed by atoms with Gasteiger partial charge in [-0.3, -0.25) is 28.9 Å². The van der Waals surface area contributed by atoms with E-state index in [0.717, 1.165) is 157 Å². The van der Waals surface area contributed by atoms with E-state index in [4.69, 9.17) is 19.4 Å². The first kappa shape index (κ1) is 84.9. The minimum absolute atomic E-state index is 0.142. The molecule has 8 heterocycles. The van der Waals surface area contributed by atoms with Gasteiger partial charge in [-0.2, -0.15) is 10.2 Å². The monoisotopic (exact) mass is 1630 g/mol. The van der Waals surface area contributed by atoms with Crippen molar-refractivity contribution < 1.29 is 42.2 Å². The molecular formula is C96H106F2N16O7. The van der Waals surface area contributed by atoms with Gasteiger partial charge in [0.15, 0.2) is 11.3 Å². The summed E-state index contributed by atoms with van der Waals surface area (Å²) in [6, 6.07) is 59.1. The Kier molecular flexibility index (Phi) is 29.1. The summed E-state index contributed by atoms with van der Waals surface area (Å²) in [4.78, 5) is 82.1. The predicted octanol–water partition coefficient (Wildman–Crippen LogP) is 14.8. The van der Waals surface area contributed by atoms with Gasteiger partial charge < -0.3 is 56.5 Å². The fraction of sp³-hybridized carbons (Fsp3) is 0.323. The molecule has 626 valence electrons. The zero-order valence-corrected chi connectivity index (χ0v) is 69.2. The number of amides is 4. The third-order valence-corrected chi connectivity index (χ3v) is 22.7. The number of hydrogen-bond acceptors (Lipinski definition) is 17. The fourth-order valence-corrected chi connectivity index (χ4v) is 16.0. The number of carbonyl (C=O) groups is 5. The van der Waals surface area contributed by atoms with Crippen LogP contribution in [0.25, 0.3) is 44.3 Å². The average Bonchev–Trinajstić information content (AvgIpc) is 1.65. The highest BCUT2D eigenvalue weighted by atomic mass is 19.1. The van der Waals surface area contributed by atoms with Crippen molar-refractivity contribution in [2.24, 2.45) is 0 Å². The number of rotatable bonds is 27. The minimum Gasteiger partial charge on any atom is -0.381 e. The number of para-hydroxylation sites is 2. The first-order chi connectivity index (χ1) is 59.2. The Morgan fingerprint density at radius 1 is 0.455 bits per heavy atom. The van der Waals surface area contributed by atoms with Crippen molar-refractivity contribution in [3.8, 4) is 22.3 Å². The largest absolute Gasteiger partial charge is 0.381 e. The van der Waals surface area contributed by atoms with Crippen LogP contribution >= 0.6 is 0 Å². The first-order valence-electron chi connectivity index (χ1n) is 42.2. The molecule has 0 unspecified atom stereocenters. The number of nitrogens with zero attached hydrogens (tertiary/aromatic N) is 9. The first-order valence-corrected chi connectivity index (χ1v) is 42.2. The molecule has 4 fully saturated rings. The van der Waals surface area contributed by atoms with Gasteiger partial charge in [0.05, 0.1) is 34.5 Å². The molecule has 0 atom stereocenters.